The molecular weight excluding hydrogens is 231 g/mol. The Balaban J connectivity index is 2.10. The van der Waals surface area contributed by atoms with Crippen LogP contribution in [0.4, 0.5) is 10.1 Å². The molecule has 4 heteroatoms. The fraction of sp³-hybridized carbons (Fsp3) is 0.286. The third-order valence-electron chi connectivity index (χ3n) is 2.92. The van der Waals surface area contributed by atoms with Crippen LogP contribution in [0.25, 0.3) is 0 Å². The molecule has 0 aliphatic rings. The summed E-state index contributed by atoms with van der Waals surface area (Å²) in [6.07, 6.45) is 0. The quantitative estimate of drug-likeness (QED) is 0.904. The molecule has 0 saturated carbocycles. The van der Waals surface area contributed by atoms with Crippen molar-refractivity contribution in [3.63, 3.8) is 0 Å². The molecule has 0 amide bonds. The first-order chi connectivity index (χ1) is 8.60. The number of aryl methyl sites for hydroxylation is 1. The van der Waals surface area contributed by atoms with Gasteiger partial charge in [0.05, 0.1) is 13.1 Å². The Hall–Kier alpha value is -1.81. The van der Waals surface area contributed by atoms with Crippen molar-refractivity contribution in [3.05, 3.63) is 53.2 Å². The normalized spacial score (nSPS) is 10.7. The molecule has 0 atom stereocenters. The van der Waals surface area contributed by atoms with Crippen LogP contribution in [0.3, 0.4) is 0 Å². The molecule has 0 aliphatic heterocycles. The van der Waals surface area contributed by atoms with E-state index in [1.165, 1.54) is 12.1 Å². The van der Waals surface area contributed by atoms with E-state index in [0.29, 0.717) is 13.1 Å². The molecule has 0 unspecified atom stereocenters. The molecule has 3 nitrogen and oxygen atoms in total. The molecular formula is C14H17FN2O. The average Bonchev–Trinajstić information content (AvgIpc) is 2.70. The van der Waals surface area contributed by atoms with Gasteiger partial charge in [-0.1, -0.05) is 0 Å². The van der Waals surface area contributed by atoms with Crippen LogP contribution in [0.1, 0.15) is 17.1 Å². The van der Waals surface area contributed by atoms with E-state index in [0.717, 1.165) is 22.8 Å². The van der Waals surface area contributed by atoms with Gasteiger partial charge in [0.15, 0.2) is 0 Å². The number of rotatable bonds is 4. The highest BCUT2D eigenvalue weighted by molar-refractivity contribution is 5.45. The first-order valence-corrected chi connectivity index (χ1v) is 5.85. The monoisotopic (exact) mass is 248 g/mol. The minimum Gasteiger partial charge on any atom is -0.463 e. The predicted octanol–water partition coefficient (Wildman–Crippen LogP) is 2.82. The van der Waals surface area contributed by atoms with Crippen LogP contribution in [0.15, 0.2) is 34.7 Å². The van der Waals surface area contributed by atoms with Gasteiger partial charge in [0.1, 0.15) is 17.3 Å². The fourth-order valence-electron chi connectivity index (χ4n) is 1.89. The first-order valence-electron chi connectivity index (χ1n) is 5.85. The van der Waals surface area contributed by atoms with Crippen molar-refractivity contribution in [2.45, 2.75) is 20.0 Å². The summed E-state index contributed by atoms with van der Waals surface area (Å²) in [7, 11) is 1.94. The van der Waals surface area contributed by atoms with Crippen LogP contribution in [-0.4, -0.2) is 7.05 Å². The van der Waals surface area contributed by atoms with E-state index in [1.807, 2.05) is 24.9 Å². The summed E-state index contributed by atoms with van der Waals surface area (Å²) in [6, 6.07) is 8.38. The molecule has 0 saturated heterocycles. The van der Waals surface area contributed by atoms with Crippen molar-refractivity contribution >= 4 is 5.69 Å². The maximum atomic E-state index is 12.8. The number of nitrogens with zero attached hydrogens (tertiary/aromatic N) is 1. The second kappa shape index (κ2) is 5.23. The van der Waals surface area contributed by atoms with Gasteiger partial charge in [-0.15, -0.1) is 0 Å². The number of hydrogen-bond acceptors (Lipinski definition) is 3. The third-order valence-corrected chi connectivity index (χ3v) is 2.92. The van der Waals surface area contributed by atoms with Crippen molar-refractivity contribution in [1.29, 1.82) is 0 Å². The van der Waals surface area contributed by atoms with E-state index in [9.17, 15) is 4.39 Å². The Labute approximate surface area is 106 Å². The van der Waals surface area contributed by atoms with Crippen LogP contribution in [0.5, 0.6) is 0 Å². The predicted molar refractivity (Wildman–Crippen MR) is 69.8 cm³/mol. The topological polar surface area (TPSA) is 42.4 Å². The fourth-order valence-corrected chi connectivity index (χ4v) is 1.89. The molecule has 96 valence electrons. The summed E-state index contributed by atoms with van der Waals surface area (Å²) in [5.74, 6) is 1.45. The largest absolute Gasteiger partial charge is 0.463 e. The number of nitrogens with two attached hydrogens (primary N) is 1. The number of hydrogen-bond donors (Lipinski definition) is 1. The third kappa shape index (κ3) is 2.71. The summed E-state index contributed by atoms with van der Waals surface area (Å²) >= 11 is 0. The molecule has 0 bridgehead atoms. The Morgan fingerprint density at radius 3 is 2.50 bits per heavy atom. The lowest BCUT2D eigenvalue weighted by Gasteiger charge is -2.17. The number of halogens is 1. The van der Waals surface area contributed by atoms with E-state index in [1.54, 1.807) is 12.1 Å². The maximum absolute atomic E-state index is 12.8. The second-order valence-electron chi connectivity index (χ2n) is 4.36. The van der Waals surface area contributed by atoms with Gasteiger partial charge in [-0.25, -0.2) is 4.39 Å². The van der Waals surface area contributed by atoms with E-state index in [4.69, 9.17) is 10.2 Å². The average molecular weight is 248 g/mol. The number of anilines is 1. The molecule has 0 spiro atoms. The van der Waals surface area contributed by atoms with Crippen molar-refractivity contribution in [2.75, 3.05) is 11.9 Å². The van der Waals surface area contributed by atoms with Crippen LogP contribution in [0, 0.1) is 12.7 Å². The molecule has 0 radical (unpaired) electrons. The van der Waals surface area contributed by atoms with Gasteiger partial charge in [-0.05, 0) is 42.8 Å². The Kier molecular flexibility index (Phi) is 3.67. The highest BCUT2D eigenvalue weighted by Gasteiger charge is 2.09. The van der Waals surface area contributed by atoms with E-state index >= 15 is 0 Å². The van der Waals surface area contributed by atoms with E-state index in [2.05, 4.69) is 0 Å². The van der Waals surface area contributed by atoms with Crippen LogP contribution in [0.2, 0.25) is 0 Å². The lowest BCUT2D eigenvalue weighted by atomic mass is 10.2. The molecule has 2 rings (SSSR count). The molecule has 0 aliphatic carbocycles. The van der Waals surface area contributed by atoms with Crippen LogP contribution in [-0.2, 0) is 13.1 Å². The van der Waals surface area contributed by atoms with Crippen molar-refractivity contribution in [1.82, 2.24) is 0 Å². The zero-order chi connectivity index (χ0) is 13.1. The molecule has 2 N–H and O–H groups in total. The van der Waals surface area contributed by atoms with Gasteiger partial charge >= 0.3 is 0 Å². The van der Waals surface area contributed by atoms with E-state index < -0.39 is 0 Å². The van der Waals surface area contributed by atoms with Crippen molar-refractivity contribution in [3.8, 4) is 0 Å². The lowest BCUT2D eigenvalue weighted by Crippen LogP contribution is -2.15. The smallest absolute Gasteiger partial charge is 0.123 e. The highest BCUT2D eigenvalue weighted by atomic mass is 19.1. The zero-order valence-electron chi connectivity index (χ0n) is 10.6. The van der Waals surface area contributed by atoms with Gasteiger partial charge in [0.2, 0.25) is 0 Å². The summed E-state index contributed by atoms with van der Waals surface area (Å²) in [5.41, 5.74) is 7.59. The Morgan fingerprint density at radius 1 is 1.28 bits per heavy atom. The van der Waals surface area contributed by atoms with Crippen molar-refractivity contribution < 1.29 is 8.81 Å². The SMILES string of the molecule is Cc1cc(CN(C)c2ccc(F)cc2)oc1CN. The summed E-state index contributed by atoms with van der Waals surface area (Å²) < 4.78 is 18.5. The number of benzene rings is 1. The summed E-state index contributed by atoms with van der Waals surface area (Å²) in [6.45, 7) is 3.02. The van der Waals surface area contributed by atoms with Crippen LogP contribution < -0.4 is 10.6 Å². The first kappa shape index (κ1) is 12.6. The van der Waals surface area contributed by atoms with E-state index in [-0.39, 0.29) is 5.82 Å². The number of furan rings is 1. The lowest BCUT2D eigenvalue weighted by molar-refractivity contribution is 0.463. The molecule has 1 aromatic heterocycles. The standard InChI is InChI=1S/C14H17FN2O/c1-10-7-13(18-14(10)8-16)9-17(2)12-5-3-11(15)4-6-12/h3-7H,8-9,16H2,1-2H3. The Morgan fingerprint density at radius 2 is 1.94 bits per heavy atom. The van der Waals surface area contributed by atoms with Crippen LogP contribution >= 0.6 is 0 Å². The Bertz CT molecular complexity index is 519. The summed E-state index contributed by atoms with van der Waals surface area (Å²) in [4.78, 5) is 2.00. The molecule has 1 aromatic carbocycles. The van der Waals surface area contributed by atoms with Gasteiger partial charge in [-0.3, -0.25) is 0 Å². The highest BCUT2D eigenvalue weighted by Crippen LogP contribution is 2.19. The maximum Gasteiger partial charge on any atom is 0.123 e. The molecule has 2 aromatic rings. The van der Waals surface area contributed by atoms with Crippen molar-refractivity contribution in [2.24, 2.45) is 5.73 Å². The van der Waals surface area contributed by atoms with Gasteiger partial charge in [0.25, 0.3) is 0 Å². The molecule has 0 fully saturated rings. The molecule has 1 heterocycles. The molecule has 18 heavy (non-hydrogen) atoms. The van der Waals surface area contributed by atoms with Gasteiger partial charge in [0, 0.05) is 12.7 Å². The minimum absolute atomic E-state index is 0.230. The van der Waals surface area contributed by atoms with Gasteiger partial charge in [-0.2, -0.15) is 0 Å². The minimum atomic E-state index is -0.230. The second-order valence-corrected chi connectivity index (χ2v) is 4.36. The van der Waals surface area contributed by atoms with Gasteiger partial charge < -0.3 is 15.1 Å². The zero-order valence-corrected chi connectivity index (χ0v) is 10.6. The summed E-state index contributed by atoms with van der Waals surface area (Å²) in [5, 5.41) is 0.